The summed E-state index contributed by atoms with van der Waals surface area (Å²) in [5.74, 6) is 1.61. The van der Waals surface area contributed by atoms with Gasteiger partial charge in [-0.2, -0.15) is 0 Å². The Bertz CT molecular complexity index is 635. The number of rotatable bonds is 10. The van der Waals surface area contributed by atoms with E-state index in [0.29, 0.717) is 5.56 Å². The van der Waals surface area contributed by atoms with Crippen molar-refractivity contribution in [3.8, 4) is 11.5 Å². The lowest BCUT2D eigenvalue weighted by molar-refractivity contribution is 0.108. The topological polar surface area (TPSA) is 35.5 Å². The van der Waals surface area contributed by atoms with E-state index in [9.17, 15) is 4.79 Å². The van der Waals surface area contributed by atoms with E-state index in [4.69, 9.17) is 9.47 Å². The van der Waals surface area contributed by atoms with E-state index >= 15 is 0 Å². The molecule has 0 N–H and O–H groups in total. The summed E-state index contributed by atoms with van der Waals surface area (Å²) in [6.45, 7) is 2.95. The summed E-state index contributed by atoms with van der Waals surface area (Å²) in [5.41, 5.74) is 0.677. The van der Waals surface area contributed by atoms with Crippen LogP contribution in [0.15, 0.2) is 53.4 Å². The highest BCUT2D eigenvalue weighted by atomic mass is 32.2. The molecule has 3 nitrogen and oxygen atoms in total. The minimum absolute atomic E-state index is 0.0243. The Balaban J connectivity index is 1.79. The average molecular weight is 359 g/mol. The fourth-order valence-corrected chi connectivity index (χ4v) is 3.13. The number of thioether (sulfide) groups is 1. The lowest BCUT2D eigenvalue weighted by atomic mass is 10.2. The predicted molar refractivity (Wildman–Crippen MR) is 104 cm³/mol. The number of benzene rings is 2. The van der Waals surface area contributed by atoms with Gasteiger partial charge in [0.1, 0.15) is 11.5 Å². The molecule has 0 aliphatic rings. The molecule has 0 atom stereocenters. The number of ether oxygens (including phenoxy) is 2. The van der Waals surface area contributed by atoms with Gasteiger partial charge in [-0.25, -0.2) is 0 Å². The van der Waals surface area contributed by atoms with Crippen molar-refractivity contribution < 1.29 is 14.3 Å². The van der Waals surface area contributed by atoms with Gasteiger partial charge in [0.25, 0.3) is 0 Å². The summed E-state index contributed by atoms with van der Waals surface area (Å²) in [4.78, 5) is 13.2. The second kappa shape index (κ2) is 10.8. The van der Waals surface area contributed by atoms with Crippen LogP contribution in [0.2, 0.25) is 0 Å². The molecular weight excluding hydrogens is 332 g/mol. The highest BCUT2D eigenvalue weighted by Crippen LogP contribution is 2.25. The van der Waals surface area contributed by atoms with Gasteiger partial charge in [-0.3, -0.25) is 4.79 Å². The van der Waals surface area contributed by atoms with E-state index in [1.54, 1.807) is 7.11 Å². The average Bonchev–Trinajstić information content (AvgIpc) is 2.65. The minimum Gasteiger partial charge on any atom is -0.497 e. The molecule has 4 heteroatoms. The molecule has 25 heavy (non-hydrogen) atoms. The van der Waals surface area contributed by atoms with Crippen molar-refractivity contribution >= 4 is 16.9 Å². The van der Waals surface area contributed by atoms with Crippen LogP contribution in [0, 0.1) is 0 Å². The van der Waals surface area contributed by atoms with Crippen LogP contribution in [0.1, 0.15) is 49.4 Å². The van der Waals surface area contributed by atoms with E-state index in [1.807, 2.05) is 48.5 Å². The third kappa shape index (κ3) is 6.83. The van der Waals surface area contributed by atoms with E-state index in [2.05, 4.69) is 6.92 Å². The molecule has 2 aromatic rings. The first-order valence-corrected chi connectivity index (χ1v) is 9.63. The zero-order valence-corrected chi connectivity index (χ0v) is 15.8. The van der Waals surface area contributed by atoms with Crippen molar-refractivity contribution in [2.45, 2.75) is 43.9 Å². The molecule has 2 aromatic carbocycles. The summed E-state index contributed by atoms with van der Waals surface area (Å²) in [6, 6.07) is 14.9. The molecule has 0 saturated heterocycles. The van der Waals surface area contributed by atoms with Crippen LogP contribution in [0.5, 0.6) is 11.5 Å². The van der Waals surface area contributed by atoms with Crippen molar-refractivity contribution in [3.05, 3.63) is 54.1 Å². The van der Waals surface area contributed by atoms with Gasteiger partial charge in [0.2, 0.25) is 5.12 Å². The van der Waals surface area contributed by atoms with Gasteiger partial charge in [0.05, 0.1) is 13.7 Å². The lowest BCUT2D eigenvalue weighted by Gasteiger charge is -2.07. The second-order valence-electron chi connectivity index (χ2n) is 5.85. The van der Waals surface area contributed by atoms with E-state index in [1.165, 1.54) is 37.4 Å². The number of carbonyl (C=O) groups excluding carboxylic acids is 1. The molecule has 0 aliphatic heterocycles. The number of hydrogen-bond donors (Lipinski definition) is 0. The predicted octanol–water partition coefficient (Wildman–Crippen LogP) is 5.98. The Hall–Kier alpha value is -1.94. The van der Waals surface area contributed by atoms with Gasteiger partial charge in [0.15, 0.2) is 0 Å². The number of methoxy groups -OCH3 is 1. The molecule has 0 saturated carbocycles. The normalized spacial score (nSPS) is 10.5. The maximum Gasteiger partial charge on any atom is 0.224 e. The van der Waals surface area contributed by atoms with Crippen LogP contribution in [-0.2, 0) is 0 Å². The molecule has 0 aromatic heterocycles. The maximum absolute atomic E-state index is 12.3. The fourth-order valence-electron chi connectivity index (χ4n) is 2.39. The standard InChI is InChI=1S/C21H26O3S/c1-3-4-5-6-7-16-24-19-10-8-17(9-11-19)21(22)25-20-14-12-18(23-2)13-15-20/h8-15H,3-7,16H2,1-2H3. The third-order valence-electron chi connectivity index (χ3n) is 3.88. The monoisotopic (exact) mass is 358 g/mol. The SMILES string of the molecule is CCCCCCCOc1ccc(C(=O)Sc2ccc(OC)cc2)cc1. The van der Waals surface area contributed by atoms with Crippen LogP contribution in [0.3, 0.4) is 0 Å². The second-order valence-corrected chi connectivity index (χ2v) is 6.90. The van der Waals surface area contributed by atoms with Crippen LogP contribution < -0.4 is 9.47 Å². The molecule has 0 amide bonds. The molecule has 134 valence electrons. The number of hydrogen-bond acceptors (Lipinski definition) is 4. The first kappa shape index (κ1) is 19.4. The molecule has 0 bridgehead atoms. The molecule has 0 unspecified atom stereocenters. The van der Waals surface area contributed by atoms with Crippen molar-refractivity contribution in [1.29, 1.82) is 0 Å². The number of carbonyl (C=O) groups is 1. The zero-order chi connectivity index (χ0) is 17.9. The van der Waals surface area contributed by atoms with Crippen molar-refractivity contribution in [3.63, 3.8) is 0 Å². The zero-order valence-electron chi connectivity index (χ0n) is 15.0. The molecule has 0 spiro atoms. The van der Waals surface area contributed by atoms with Gasteiger partial charge in [-0.05, 0) is 66.7 Å². The van der Waals surface area contributed by atoms with Gasteiger partial charge in [-0.1, -0.05) is 32.6 Å². The lowest BCUT2D eigenvalue weighted by Crippen LogP contribution is -1.98. The van der Waals surface area contributed by atoms with Crippen LogP contribution in [0.4, 0.5) is 0 Å². The summed E-state index contributed by atoms with van der Waals surface area (Å²) in [6.07, 6.45) is 6.11. The summed E-state index contributed by atoms with van der Waals surface area (Å²) >= 11 is 1.22. The van der Waals surface area contributed by atoms with Crippen molar-refractivity contribution in [2.24, 2.45) is 0 Å². The first-order chi connectivity index (χ1) is 12.2. The van der Waals surface area contributed by atoms with E-state index in [-0.39, 0.29) is 5.12 Å². The van der Waals surface area contributed by atoms with Crippen LogP contribution >= 0.6 is 11.8 Å². The van der Waals surface area contributed by atoms with E-state index in [0.717, 1.165) is 29.4 Å². The highest BCUT2D eigenvalue weighted by Gasteiger charge is 2.08. The van der Waals surface area contributed by atoms with Crippen LogP contribution in [-0.4, -0.2) is 18.8 Å². The molecule has 2 rings (SSSR count). The highest BCUT2D eigenvalue weighted by molar-refractivity contribution is 8.14. The summed E-state index contributed by atoms with van der Waals surface area (Å²) in [5, 5.41) is 0.0243. The van der Waals surface area contributed by atoms with Crippen LogP contribution in [0.25, 0.3) is 0 Å². The minimum atomic E-state index is 0.0243. The van der Waals surface area contributed by atoms with Gasteiger partial charge >= 0.3 is 0 Å². The quantitative estimate of drug-likeness (QED) is 0.387. The molecular formula is C21H26O3S. The first-order valence-electron chi connectivity index (χ1n) is 8.82. The summed E-state index contributed by atoms with van der Waals surface area (Å²) < 4.78 is 10.9. The Morgan fingerprint density at radius 2 is 1.52 bits per heavy atom. The van der Waals surface area contributed by atoms with Gasteiger partial charge in [0, 0.05) is 10.5 Å². The molecule has 0 heterocycles. The summed E-state index contributed by atoms with van der Waals surface area (Å²) in [7, 11) is 1.63. The third-order valence-corrected chi connectivity index (χ3v) is 4.81. The van der Waals surface area contributed by atoms with Gasteiger partial charge in [-0.15, -0.1) is 0 Å². The Labute approximate surface area is 154 Å². The molecule has 0 aliphatic carbocycles. The maximum atomic E-state index is 12.3. The fraction of sp³-hybridized carbons (Fsp3) is 0.381. The molecule has 0 radical (unpaired) electrons. The smallest absolute Gasteiger partial charge is 0.224 e. The van der Waals surface area contributed by atoms with Gasteiger partial charge < -0.3 is 9.47 Å². The number of unbranched alkanes of at least 4 members (excludes halogenated alkanes) is 4. The Kier molecular flexibility index (Phi) is 8.40. The van der Waals surface area contributed by atoms with E-state index < -0.39 is 0 Å². The Morgan fingerprint density at radius 3 is 2.16 bits per heavy atom. The molecule has 0 fully saturated rings. The largest absolute Gasteiger partial charge is 0.497 e. The van der Waals surface area contributed by atoms with Crippen molar-refractivity contribution in [2.75, 3.05) is 13.7 Å². The van der Waals surface area contributed by atoms with Crippen molar-refractivity contribution in [1.82, 2.24) is 0 Å². The Morgan fingerprint density at radius 1 is 0.880 bits per heavy atom.